The average molecular weight is 269 g/mol. The van der Waals surface area contributed by atoms with Gasteiger partial charge in [-0.1, -0.05) is 12.1 Å². The maximum Gasteiger partial charge on any atom is 0.243 e. The Bertz CT molecular complexity index is 539. The lowest BCUT2D eigenvalue weighted by atomic mass is 10.2. The van der Waals surface area contributed by atoms with Gasteiger partial charge in [0.1, 0.15) is 0 Å². The van der Waals surface area contributed by atoms with Crippen molar-refractivity contribution in [2.24, 2.45) is 0 Å². The van der Waals surface area contributed by atoms with E-state index in [1.165, 1.54) is 4.31 Å². The van der Waals surface area contributed by atoms with Crippen LogP contribution in [-0.2, 0) is 14.8 Å². The first-order chi connectivity index (χ1) is 8.43. The van der Waals surface area contributed by atoms with Gasteiger partial charge >= 0.3 is 0 Å². The van der Waals surface area contributed by atoms with Gasteiger partial charge in [-0.3, -0.25) is 0 Å². The van der Waals surface area contributed by atoms with Crippen LogP contribution in [0.2, 0.25) is 0 Å². The number of sulfonamides is 1. The first-order valence-electron chi connectivity index (χ1n) is 6.10. The fourth-order valence-corrected chi connectivity index (χ4v) is 4.09. The van der Waals surface area contributed by atoms with Crippen LogP contribution in [0.15, 0.2) is 23.1 Å². The average Bonchev–Trinajstić information content (AvgIpc) is 2.32. The van der Waals surface area contributed by atoms with Crippen LogP contribution in [0.5, 0.6) is 0 Å². The number of hydrogen-bond acceptors (Lipinski definition) is 3. The summed E-state index contributed by atoms with van der Waals surface area (Å²) in [5.74, 6) is 0. The third kappa shape index (κ3) is 2.43. The monoisotopic (exact) mass is 269 g/mol. The molecule has 0 radical (unpaired) electrons. The molecule has 0 aromatic heterocycles. The SMILES string of the molecule is Cc1ccc(C)c(S(=O)(=O)N2CCOCC2C)c1. The van der Waals surface area contributed by atoms with Gasteiger partial charge in [0.25, 0.3) is 0 Å². The van der Waals surface area contributed by atoms with E-state index in [0.29, 0.717) is 24.7 Å². The van der Waals surface area contributed by atoms with Crippen molar-refractivity contribution in [2.45, 2.75) is 31.7 Å². The lowest BCUT2D eigenvalue weighted by Crippen LogP contribution is -2.47. The molecule has 0 aliphatic carbocycles. The molecule has 1 atom stereocenters. The number of rotatable bonds is 2. The second kappa shape index (κ2) is 4.99. The standard InChI is InChI=1S/C13H19NO3S/c1-10-4-5-11(2)13(8-10)18(15,16)14-6-7-17-9-12(14)3/h4-5,8,12H,6-7,9H2,1-3H3. The summed E-state index contributed by atoms with van der Waals surface area (Å²) in [5.41, 5.74) is 1.75. The zero-order valence-corrected chi connectivity index (χ0v) is 11.8. The van der Waals surface area contributed by atoms with E-state index in [1.54, 1.807) is 6.07 Å². The molecule has 1 aromatic rings. The molecule has 5 heteroatoms. The van der Waals surface area contributed by atoms with E-state index in [2.05, 4.69) is 0 Å². The molecular weight excluding hydrogens is 250 g/mol. The molecule has 0 amide bonds. The molecule has 1 fully saturated rings. The molecule has 1 aromatic carbocycles. The van der Waals surface area contributed by atoms with E-state index in [0.717, 1.165) is 11.1 Å². The van der Waals surface area contributed by atoms with E-state index in [4.69, 9.17) is 4.74 Å². The smallest absolute Gasteiger partial charge is 0.243 e. The minimum absolute atomic E-state index is 0.108. The zero-order chi connectivity index (χ0) is 13.3. The highest BCUT2D eigenvalue weighted by Gasteiger charge is 2.32. The van der Waals surface area contributed by atoms with Gasteiger partial charge in [-0.25, -0.2) is 8.42 Å². The first-order valence-corrected chi connectivity index (χ1v) is 7.54. The van der Waals surface area contributed by atoms with Crippen LogP contribution in [0.3, 0.4) is 0 Å². The topological polar surface area (TPSA) is 46.6 Å². The largest absolute Gasteiger partial charge is 0.378 e. The summed E-state index contributed by atoms with van der Waals surface area (Å²) in [6.07, 6.45) is 0. The van der Waals surface area contributed by atoms with Crippen molar-refractivity contribution in [3.05, 3.63) is 29.3 Å². The molecule has 0 spiro atoms. The van der Waals surface area contributed by atoms with Crippen LogP contribution in [0, 0.1) is 13.8 Å². The molecule has 0 N–H and O–H groups in total. The minimum atomic E-state index is -3.41. The fraction of sp³-hybridized carbons (Fsp3) is 0.538. The number of hydrogen-bond donors (Lipinski definition) is 0. The summed E-state index contributed by atoms with van der Waals surface area (Å²) >= 11 is 0. The molecule has 4 nitrogen and oxygen atoms in total. The van der Waals surface area contributed by atoms with Crippen molar-refractivity contribution in [3.63, 3.8) is 0 Å². The summed E-state index contributed by atoms with van der Waals surface area (Å²) < 4.78 is 32.1. The van der Waals surface area contributed by atoms with E-state index in [-0.39, 0.29) is 6.04 Å². The van der Waals surface area contributed by atoms with Gasteiger partial charge in [0.05, 0.1) is 18.1 Å². The normalized spacial score (nSPS) is 22.1. The number of benzene rings is 1. The Kier molecular flexibility index (Phi) is 3.75. The number of ether oxygens (including phenoxy) is 1. The molecule has 1 aliphatic rings. The van der Waals surface area contributed by atoms with Crippen molar-refractivity contribution < 1.29 is 13.2 Å². The van der Waals surface area contributed by atoms with E-state index < -0.39 is 10.0 Å². The van der Waals surface area contributed by atoms with Gasteiger partial charge in [-0.2, -0.15) is 4.31 Å². The molecule has 1 saturated heterocycles. The maximum atomic E-state index is 12.6. The Labute approximate surface area is 109 Å². The van der Waals surface area contributed by atoms with Gasteiger partial charge in [-0.05, 0) is 38.0 Å². The van der Waals surface area contributed by atoms with E-state index in [9.17, 15) is 8.42 Å². The van der Waals surface area contributed by atoms with Crippen LogP contribution in [0.25, 0.3) is 0 Å². The van der Waals surface area contributed by atoms with Crippen molar-refractivity contribution in [3.8, 4) is 0 Å². The summed E-state index contributed by atoms with van der Waals surface area (Å²) in [6.45, 7) is 6.97. The third-order valence-corrected chi connectivity index (χ3v) is 5.39. The molecule has 2 rings (SSSR count). The molecule has 100 valence electrons. The van der Waals surface area contributed by atoms with Crippen molar-refractivity contribution in [2.75, 3.05) is 19.8 Å². The molecular formula is C13H19NO3S. The van der Waals surface area contributed by atoms with Gasteiger partial charge in [0.2, 0.25) is 10.0 Å². The molecule has 1 aliphatic heterocycles. The van der Waals surface area contributed by atoms with E-state index in [1.807, 2.05) is 32.9 Å². The third-order valence-electron chi connectivity index (χ3n) is 3.24. The quantitative estimate of drug-likeness (QED) is 0.821. The van der Waals surface area contributed by atoms with Gasteiger partial charge in [-0.15, -0.1) is 0 Å². The Balaban J connectivity index is 2.44. The van der Waals surface area contributed by atoms with Crippen LogP contribution in [0.1, 0.15) is 18.1 Å². The summed E-state index contributed by atoms with van der Waals surface area (Å²) in [5, 5.41) is 0. The molecule has 18 heavy (non-hydrogen) atoms. The fourth-order valence-electron chi connectivity index (χ4n) is 2.18. The highest BCUT2D eigenvalue weighted by Crippen LogP contribution is 2.24. The van der Waals surface area contributed by atoms with Crippen molar-refractivity contribution in [1.82, 2.24) is 4.31 Å². The second-order valence-electron chi connectivity index (χ2n) is 4.81. The van der Waals surface area contributed by atoms with Crippen LogP contribution >= 0.6 is 0 Å². The van der Waals surface area contributed by atoms with Gasteiger partial charge in [0.15, 0.2) is 0 Å². The van der Waals surface area contributed by atoms with Crippen molar-refractivity contribution >= 4 is 10.0 Å². The predicted octanol–water partition coefficient (Wildman–Crippen LogP) is 1.71. The Morgan fingerprint density at radius 1 is 1.33 bits per heavy atom. The van der Waals surface area contributed by atoms with Gasteiger partial charge < -0.3 is 4.74 Å². The lowest BCUT2D eigenvalue weighted by molar-refractivity contribution is 0.0392. The first kappa shape index (κ1) is 13.5. The van der Waals surface area contributed by atoms with E-state index >= 15 is 0 Å². The second-order valence-corrected chi connectivity index (χ2v) is 6.67. The molecule has 0 bridgehead atoms. The summed E-state index contributed by atoms with van der Waals surface area (Å²) in [4.78, 5) is 0.413. The Morgan fingerprint density at radius 2 is 2.06 bits per heavy atom. The van der Waals surface area contributed by atoms with Crippen LogP contribution in [0.4, 0.5) is 0 Å². The number of aryl methyl sites for hydroxylation is 2. The van der Waals surface area contributed by atoms with Gasteiger partial charge in [0, 0.05) is 12.6 Å². The van der Waals surface area contributed by atoms with Crippen LogP contribution < -0.4 is 0 Å². The minimum Gasteiger partial charge on any atom is -0.378 e. The predicted molar refractivity (Wildman–Crippen MR) is 70.1 cm³/mol. The molecule has 1 heterocycles. The number of morpholine rings is 1. The Morgan fingerprint density at radius 3 is 2.72 bits per heavy atom. The summed E-state index contributed by atoms with van der Waals surface area (Å²) in [6, 6.07) is 5.42. The highest BCUT2D eigenvalue weighted by molar-refractivity contribution is 7.89. The number of nitrogens with zero attached hydrogens (tertiary/aromatic N) is 1. The summed E-state index contributed by atoms with van der Waals surface area (Å²) in [7, 11) is -3.41. The molecule has 0 saturated carbocycles. The highest BCUT2D eigenvalue weighted by atomic mass is 32.2. The zero-order valence-electron chi connectivity index (χ0n) is 11.0. The van der Waals surface area contributed by atoms with Crippen LogP contribution in [-0.4, -0.2) is 38.5 Å². The Hall–Kier alpha value is -0.910. The lowest BCUT2D eigenvalue weighted by Gasteiger charge is -2.32. The molecule has 1 unspecified atom stereocenters. The maximum absolute atomic E-state index is 12.6. The van der Waals surface area contributed by atoms with Crippen molar-refractivity contribution in [1.29, 1.82) is 0 Å².